The summed E-state index contributed by atoms with van der Waals surface area (Å²) in [5.74, 6) is -0.601. The summed E-state index contributed by atoms with van der Waals surface area (Å²) in [6.07, 6.45) is 0.140. The summed E-state index contributed by atoms with van der Waals surface area (Å²) in [4.78, 5) is 16.3. The van der Waals surface area contributed by atoms with Crippen LogP contribution >= 0.6 is 0 Å². The van der Waals surface area contributed by atoms with E-state index in [1.165, 1.54) is 29.3 Å². The van der Waals surface area contributed by atoms with E-state index in [9.17, 15) is 13.6 Å². The van der Waals surface area contributed by atoms with Crippen molar-refractivity contribution in [3.8, 4) is 11.4 Å². The normalized spacial score (nSPS) is 10.7. The molecule has 0 atom stereocenters. The van der Waals surface area contributed by atoms with Gasteiger partial charge in [-0.2, -0.15) is 0 Å². The second kappa shape index (κ2) is 7.43. The molecule has 2 aromatic heterocycles. The molecule has 0 bridgehead atoms. The lowest BCUT2D eigenvalue weighted by Crippen LogP contribution is -2.17. The highest BCUT2D eigenvalue weighted by Crippen LogP contribution is 2.19. The van der Waals surface area contributed by atoms with Crippen molar-refractivity contribution in [1.29, 1.82) is 0 Å². The second-order valence-electron chi connectivity index (χ2n) is 4.81. The molecule has 0 fully saturated rings. The van der Waals surface area contributed by atoms with Crippen LogP contribution < -0.4 is 10.1 Å². The van der Waals surface area contributed by atoms with Crippen LogP contribution in [-0.4, -0.2) is 44.1 Å². The number of tetrazole rings is 1. The van der Waals surface area contributed by atoms with Crippen LogP contribution in [0.3, 0.4) is 0 Å². The number of amides is 1. The Balaban J connectivity index is 1.78. The van der Waals surface area contributed by atoms with Crippen LogP contribution in [0.15, 0.2) is 48.9 Å². The first-order valence-corrected chi connectivity index (χ1v) is 7.14. The number of aromatic nitrogens is 5. The maximum atomic E-state index is 12.4. The fourth-order valence-corrected chi connectivity index (χ4v) is 2.03. The second-order valence-corrected chi connectivity index (χ2v) is 4.81. The molecular formula is C15H12F2N6O2. The van der Waals surface area contributed by atoms with Gasteiger partial charge in [0.1, 0.15) is 12.9 Å². The SMILES string of the molecule is O=C(Nc1cccc(-n2cnnn2)c1)c1ncccc1OCC(F)F. The summed E-state index contributed by atoms with van der Waals surface area (Å²) in [5, 5.41) is 13.5. The van der Waals surface area contributed by atoms with Gasteiger partial charge in [-0.1, -0.05) is 6.07 Å². The minimum atomic E-state index is -2.65. The van der Waals surface area contributed by atoms with Crippen LogP contribution in [0.5, 0.6) is 5.75 Å². The van der Waals surface area contributed by atoms with E-state index in [1.807, 2.05) is 0 Å². The number of carbonyl (C=O) groups is 1. The fraction of sp³-hybridized carbons (Fsp3) is 0.133. The molecule has 2 heterocycles. The summed E-state index contributed by atoms with van der Waals surface area (Å²) in [6.45, 7) is -0.819. The Kier molecular flexibility index (Phi) is 4.88. The van der Waals surface area contributed by atoms with Crippen molar-refractivity contribution in [2.75, 3.05) is 11.9 Å². The molecule has 3 aromatic rings. The molecule has 1 amide bonds. The molecule has 0 saturated carbocycles. The molecule has 0 spiro atoms. The minimum absolute atomic E-state index is 0.0167. The number of nitrogens with zero attached hydrogens (tertiary/aromatic N) is 5. The lowest BCUT2D eigenvalue weighted by atomic mass is 10.2. The maximum absolute atomic E-state index is 12.4. The standard InChI is InChI=1S/C15H12F2N6O2/c16-13(17)8-25-12-5-2-6-18-14(12)15(24)20-10-3-1-4-11(7-10)23-9-19-21-22-23/h1-7,9,13H,8H2,(H,20,24). The molecule has 128 valence electrons. The van der Waals surface area contributed by atoms with Crippen molar-refractivity contribution in [2.45, 2.75) is 6.43 Å². The van der Waals surface area contributed by atoms with Crippen LogP contribution in [0, 0.1) is 0 Å². The number of halogens is 2. The van der Waals surface area contributed by atoms with Crippen molar-refractivity contribution in [3.63, 3.8) is 0 Å². The molecule has 8 nitrogen and oxygen atoms in total. The molecule has 3 rings (SSSR count). The number of anilines is 1. The third-order valence-corrected chi connectivity index (χ3v) is 3.07. The Morgan fingerprint density at radius 1 is 1.28 bits per heavy atom. The first-order valence-electron chi connectivity index (χ1n) is 7.14. The average molecular weight is 346 g/mol. The van der Waals surface area contributed by atoms with E-state index < -0.39 is 18.9 Å². The highest BCUT2D eigenvalue weighted by Gasteiger charge is 2.16. The van der Waals surface area contributed by atoms with E-state index in [0.29, 0.717) is 11.4 Å². The molecule has 0 unspecified atom stereocenters. The molecule has 0 saturated heterocycles. The topological polar surface area (TPSA) is 94.8 Å². The van der Waals surface area contributed by atoms with Gasteiger partial charge in [0.15, 0.2) is 11.4 Å². The third kappa shape index (κ3) is 4.10. The number of hydrogen-bond donors (Lipinski definition) is 1. The summed E-state index contributed by atoms with van der Waals surface area (Å²) >= 11 is 0. The molecule has 1 aromatic carbocycles. The van der Waals surface area contributed by atoms with Crippen LogP contribution in [0.4, 0.5) is 14.5 Å². The lowest BCUT2D eigenvalue weighted by molar-refractivity contribution is 0.0799. The highest BCUT2D eigenvalue weighted by molar-refractivity contribution is 6.04. The van der Waals surface area contributed by atoms with E-state index in [2.05, 4.69) is 25.8 Å². The monoisotopic (exact) mass is 346 g/mol. The summed E-state index contributed by atoms with van der Waals surface area (Å²) in [7, 11) is 0. The van der Waals surface area contributed by atoms with E-state index in [4.69, 9.17) is 4.74 Å². The van der Waals surface area contributed by atoms with Crippen molar-refractivity contribution in [2.24, 2.45) is 0 Å². The van der Waals surface area contributed by atoms with Gasteiger partial charge < -0.3 is 10.1 Å². The van der Waals surface area contributed by atoms with Gasteiger partial charge in [-0.25, -0.2) is 18.4 Å². The first kappa shape index (κ1) is 16.4. The van der Waals surface area contributed by atoms with Crippen LogP contribution in [0.1, 0.15) is 10.5 Å². The Hall–Kier alpha value is -3.43. The van der Waals surface area contributed by atoms with E-state index >= 15 is 0 Å². The van der Waals surface area contributed by atoms with Gasteiger partial charge in [0, 0.05) is 11.9 Å². The molecule has 10 heteroatoms. The predicted octanol–water partition coefficient (Wildman–Crippen LogP) is 1.95. The Labute approximate surface area is 140 Å². The van der Waals surface area contributed by atoms with Gasteiger partial charge in [-0.3, -0.25) is 4.79 Å². The van der Waals surface area contributed by atoms with Crippen molar-refractivity contribution in [3.05, 3.63) is 54.6 Å². The molecular weight excluding hydrogens is 334 g/mol. The zero-order valence-electron chi connectivity index (χ0n) is 12.7. The van der Waals surface area contributed by atoms with Crippen LogP contribution in [-0.2, 0) is 0 Å². The lowest BCUT2D eigenvalue weighted by Gasteiger charge is -2.11. The predicted molar refractivity (Wildman–Crippen MR) is 82.8 cm³/mol. The molecule has 1 N–H and O–H groups in total. The van der Waals surface area contributed by atoms with E-state index in [0.717, 1.165) is 0 Å². The van der Waals surface area contributed by atoms with E-state index in [-0.39, 0.29) is 11.4 Å². The molecule has 0 aliphatic heterocycles. The average Bonchev–Trinajstić information content (AvgIpc) is 3.15. The Morgan fingerprint density at radius 2 is 2.16 bits per heavy atom. The number of hydrogen-bond acceptors (Lipinski definition) is 6. The van der Waals surface area contributed by atoms with Gasteiger partial charge in [0.2, 0.25) is 0 Å². The van der Waals surface area contributed by atoms with Crippen LogP contribution in [0.2, 0.25) is 0 Å². The van der Waals surface area contributed by atoms with Gasteiger partial charge in [-0.15, -0.1) is 5.10 Å². The number of ether oxygens (including phenoxy) is 1. The first-order chi connectivity index (χ1) is 12.1. The number of pyridine rings is 1. The Bertz CT molecular complexity index is 857. The highest BCUT2D eigenvalue weighted by atomic mass is 19.3. The summed E-state index contributed by atoms with van der Waals surface area (Å²) < 4.78 is 31.0. The fourth-order valence-electron chi connectivity index (χ4n) is 2.03. The number of alkyl halides is 2. The smallest absolute Gasteiger partial charge is 0.278 e. The van der Waals surface area contributed by atoms with Gasteiger partial charge in [0.25, 0.3) is 12.3 Å². The third-order valence-electron chi connectivity index (χ3n) is 3.07. The van der Waals surface area contributed by atoms with Gasteiger partial charge in [-0.05, 0) is 40.8 Å². The van der Waals surface area contributed by atoms with Crippen LogP contribution in [0.25, 0.3) is 5.69 Å². The molecule has 0 aliphatic carbocycles. The van der Waals surface area contributed by atoms with E-state index in [1.54, 1.807) is 24.3 Å². The summed E-state index contributed by atoms with van der Waals surface area (Å²) in [6, 6.07) is 9.67. The number of rotatable bonds is 6. The van der Waals surface area contributed by atoms with Crippen molar-refractivity contribution in [1.82, 2.24) is 25.2 Å². The molecule has 0 aliphatic rings. The quantitative estimate of drug-likeness (QED) is 0.733. The van der Waals surface area contributed by atoms with Crippen molar-refractivity contribution >= 4 is 11.6 Å². The number of benzene rings is 1. The summed E-state index contributed by atoms with van der Waals surface area (Å²) in [5.41, 5.74) is 1.01. The molecule has 0 radical (unpaired) electrons. The largest absolute Gasteiger partial charge is 0.485 e. The Morgan fingerprint density at radius 3 is 2.92 bits per heavy atom. The molecule has 25 heavy (non-hydrogen) atoms. The zero-order chi connectivity index (χ0) is 17.6. The van der Waals surface area contributed by atoms with Gasteiger partial charge in [0.05, 0.1) is 5.69 Å². The number of carbonyl (C=O) groups excluding carboxylic acids is 1. The van der Waals surface area contributed by atoms with Crippen molar-refractivity contribution < 1.29 is 18.3 Å². The van der Waals surface area contributed by atoms with Gasteiger partial charge >= 0.3 is 0 Å². The minimum Gasteiger partial charge on any atom is -0.485 e. The maximum Gasteiger partial charge on any atom is 0.278 e. The zero-order valence-corrected chi connectivity index (χ0v) is 12.7. The number of nitrogens with one attached hydrogen (secondary N) is 1.